The Hall–Kier alpha value is -1.81. The number of hydrogen-bond donors (Lipinski definition) is 2. The molecule has 3 N–H and O–H groups in total. The van der Waals surface area contributed by atoms with E-state index in [4.69, 9.17) is 25.0 Å². The second-order valence-corrected chi connectivity index (χ2v) is 7.25. The van der Waals surface area contributed by atoms with Crippen LogP contribution >= 0.6 is 0 Å². The maximum absolute atomic E-state index is 9.66. The van der Waals surface area contributed by atoms with Crippen LogP contribution < -0.4 is 5.73 Å². The monoisotopic (exact) mass is 349 g/mol. The number of nitrogens with zero attached hydrogens (tertiary/aromatic N) is 4. The van der Waals surface area contributed by atoms with Crippen molar-refractivity contribution in [3.63, 3.8) is 0 Å². The van der Waals surface area contributed by atoms with Gasteiger partial charge in [-0.2, -0.15) is 5.10 Å². The third-order valence-electron chi connectivity index (χ3n) is 4.64. The largest absolute Gasteiger partial charge is 0.394 e. The first-order valence-corrected chi connectivity index (χ1v) is 8.43. The Kier molecular flexibility index (Phi) is 3.73. The second-order valence-electron chi connectivity index (χ2n) is 7.25. The zero-order valence-corrected chi connectivity index (χ0v) is 14.7. The van der Waals surface area contributed by atoms with E-state index in [2.05, 4.69) is 9.97 Å². The Bertz CT molecular complexity index is 805. The predicted octanol–water partition coefficient (Wildman–Crippen LogP) is 0.942. The standard InChI is InChI=1S/C16H23N5O4/c1-7(2)10-9-13(17)18-6-19-14(9)21(20-10)15-12-11(8(5-22)23-15)24-16(3,4)25-12/h6-8,11-12,15,22H,5H2,1-4H3,(H2,17,18,19)/t8-,11-,12-,15-/m1/s1. The van der Waals surface area contributed by atoms with E-state index in [1.807, 2.05) is 27.7 Å². The average Bonchev–Trinajstić information content (AvgIpc) is 3.16. The molecule has 2 aliphatic heterocycles. The fourth-order valence-corrected chi connectivity index (χ4v) is 3.61. The number of fused-ring (bicyclic) bond motifs is 2. The van der Waals surface area contributed by atoms with Crippen LogP contribution in [0.15, 0.2) is 6.33 Å². The highest BCUT2D eigenvalue weighted by Crippen LogP contribution is 2.44. The molecule has 0 spiro atoms. The minimum absolute atomic E-state index is 0.139. The lowest BCUT2D eigenvalue weighted by molar-refractivity contribution is -0.201. The first-order valence-electron chi connectivity index (χ1n) is 8.43. The number of aliphatic hydroxyl groups is 1. The summed E-state index contributed by atoms with van der Waals surface area (Å²) in [5, 5.41) is 15.1. The van der Waals surface area contributed by atoms with Crippen molar-refractivity contribution in [1.82, 2.24) is 19.7 Å². The van der Waals surface area contributed by atoms with Gasteiger partial charge in [-0.3, -0.25) is 0 Å². The van der Waals surface area contributed by atoms with Gasteiger partial charge in [0.15, 0.2) is 17.7 Å². The van der Waals surface area contributed by atoms with Gasteiger partial charge >= 0.3 is 0 Å². The summed E-state index contributed by atoms with van der Waals surface area (Å²) in [5.41, 5.74) is 7.46. The number of nitrogens with two attached hydrogens (primary N) is 1. The van der Waals surface area contributed by atoms with Gasteiger partial charge in [-0.1, -0.05) is 13.8 Å². The Morgan fingerprint density at radius 3 is 2.68 bits per heavy atom. The second kappa shape index (κ2) is 5.60. The first kappa shape index (κ1) is 16.6. The van der Waals surface area contributed by atoms with Gasteiger partial charge in [0.25, 0.3) is 0 Å². The smallest absolute Gasteiger partial charge is 0.181 e. The third-order valence-corrected chi connectivity index (χ3v) is 4.64. The van der Waals surface area contributed by atoms with Crippen LogP contribution in [-0.4, -0.2) is 55.6 Å². The van der Waals surface area contributed by atoms with Crippen LogP contribution in [0, 0.1) is 0 Å². The number of rotatable bonds is 3. The molecule has 4 atom stereocenters. The van der Waals surface area contributed by atoms with Crippen molar-refractivity contribution in [2.24, 2.45) is 0 Å². The van der Waals surface area contributed by atoms with Crippen LogP contribution in [0.1, 0.15) is 45.5 Å². The molecule has 2 aromatic heterocycles. The summed E-state index contributed by atoms with van der Waals surface area (Å²) < 4.78 is 19.6. The molecule has 2 aromatic rings. The first-order chi connectivity index (χ1) is 11.8. The predicted molar refractivity (Wildman–Crippen MR) is 88.6 cm³/mol. The number of nitrogen functional groups attached to an aromatic ring is 1. The van der Waals surface area contributed by atoms with Crippen LogP contribution in [0.5, 0.6) is 0 Å². The highest BCUT2D eigenvalue weighted by Gasteiger charge is 2.56. The van der Waals surface area contributed by atoms with Crippen molar-refractivity contribution in [1.29, 1.82) is 0 Å². The minimum Gasteiger partial charge on any atom is -0.394 e. The van der Waals surface area contributed by atoms with Gasteiger partial charge in [-0.05, 0) is 19.8 Å². The summed E-state index contributed by atoms with van der Waals surface area (Å²) in [6, 6.07) is 0. The van der Waals surface area contributed by atoms with Gasteiger partial charge in [-0.25, -0.2) is 14.6 Å². The van der Waals surface area contributed by atoms with E-state index in [1.54, 1.807) is 4.68 Å². The van der Waals surface area contributed by atoms with Crippen LogP contribution in [0.2, 0.25) is 0 Å². The fourth-order valence-electron chi connectivity index (χ4n) is 3.61. The van der Waals surface area contributed by atoms with Gasteiger partial charge in [0.1, 0.15) is 30.5 Å². The summed E-state index contributed by atoms with van der Waals surface area (Å²) in [4.78, 5) is 8.45. The lowest BCUT2D eigenvalue weighted by atomic mass is 10.1. The maximum Gasteiger partial charge on any atom is 0.181 e. The van der Waals surface area contributed by atoms with Crippen LogP contribution in [0.25, 0.3) is 11.0 Å². The lowest BCUT2D eigenvalue weighted by Gasteiger charge is -2.23. The van der Waals surface area contributed by atoms with Gasteiger partial charge < -0.3 is 25.1 Å². The quantitative estimate of drug-likeness (QED) is 0.841. The molecule has 0 aromatic carbocycles. The van der Waals surface area contributed by atoms with E-state index < -0.39 is 24.2 Å². The molecule has 0 bridgehead atoms. The summed E-state index contributed by atoms with van der Waals surface area (Å²) in [7, 11) is 0. The molecule has 2 fully saturated rings. The summed E-state index contributed by atoms with van der Waals surface area (Å²) >= 11 is 0. The number of aliphatic hydroxyl groups excluding tert-OH is 1. The molecular weight excluding hydrogens is 326 g/mol. The van der Waals surface area contributed by atoms with Crippen molar-refractivity contribution in [3.8, 4) is 0 Å². The molecule has 0 aliphatic carbocycles. The van der Waals surface area contributed by atoms with E-state index in [9.17, 15) is 5.11 Å². The Balaban J connectivity index is 1.83. The van der Waals surface area contributed by atoms with Crippen LogP contribution in [0.3, 0.4) is 0 Å². The van der Waals surface area contributed by atoms with Crippen molar-refractivity contribution < 1.29 is 19.3 Å². The molecule has 0 amide bonds. The topological polar surface area (TPSA) is 118 Å². The molecule has 0 saturated carbocycles. The minimum atomic E-state index is -0.747. The van der Waals surface area contributed by atoms with E-state index in [0.717, 1.165) is 11.1 Å². The van der Waals surface area contributed by atoms with Crippen molar-refractivity contribution >= 4 is 16.9 Å². The molecule has 0 radical (unpaired) electrons. The molecule has 0 unspecified atom stereocenters. The Morgan fingerprint density at radius 1 is 1.28 bits per heavy atom. The highest BCUT2D eigenvalue weighted by molar-refractivity contribution is 5.88. The zero-order chi connectivity index (χ0) is 17.9. The molecule has 2 saturated heterocycles. The van der Waals surface area contributed by atoms with Crippen LogP contribution in [-0.2, 0) is 14.2 Å². The van der Waals surface area contributed by atoms with E-state index in [1.165, 1.54) is 6.33 Å². The third kappa shape index (κ3) is 2.50. The summed E-state index contributed by atoms with van der Waals surface area (Å²) in [6.07, 6.45) is -0.408. The molecule has 136 valence electrons. The molecule has 2 aliphatic rings. The molecular formula is C16H23N5O4. The van der Waals surface area contributed by atoms with Crippen molar-refractivity contribution in [2.75, 3.05) is 12.3 Å². The van der Waals surface area contributed by atoms with E-state index in [-0.39, 0.29) is 18.6 Å². The van der Waals surface area contributed by atoms with E-state index in [0.29, 0.717) is 11.5 Å². The number of anilines is 1. The SMILES string of the molecule is CC(C)c1nn([C@@H]2O[C@H](CO)[C@H]3OC(C)(C)O[C@H]32)c2ncnc(N)c12. The zero-order valence-electron chi connectivity index (χ0n) is 14.7. The lowest BCUT2D eigenvalue weighted by Crippen LogP contribution is -2.31. The normalized spacial score (nSPS) is 31.1. The average molecular weight is 349 g/mol. The van der Waals surface area contributed by atoms with Gasteiger partial charge in [-0.15, -0.1) is 0 Å². The van der Waals surface area contributed by atoms with Crippen LogP contribution in [0.4, 0.5) is 5.82 Å². The molecule has 25 heavy (non-hydrogen) atoms. The van der Waals surface area contributed by atoms with Crippen molar-refractivity contribution in [2.45, 2.75) is 63.9 Å². The molecule has 9 nitrogen and oxygen atoms in total. The number of aromatic nitrogens is 4. The summed E-state index contributed by atoms with van der Waals surface area (Å²) in [6.45, 7) is 7.59. The molecule has 4 rings (SSSR count). The van der Waals surface area contributed by atoms with Gasteiger partial charge in [0.05, 0.1) is 17.7 Å². The Labute approximate surface area is 145 Å². The van der Waals surface area contributed by atoms with Gasteiger partial charge in [0.2, 0.25) is 0 Å². The molecule has 4 heterocycles. The molecule has 9 heteroatoms. The fraction of sp³-hybridized carbons (Fsp3) is 0.688. The number of ether oxygens (including phenoxy) is 3. The number of hydrogen-bond acceptors (Lipinski definition) is 8. The van der Waals surface area contributed by atoms with E-state index >= 15 is 0 Å². The van der Waals surface area contributed by atoms with Gasteiger partial charge in [0, 0.05) is 0 Å². The highest BCUT2D eigenvalue weighted by atomic mass is 16.8. The maximum atomic E-state index is 9.66. The van der Waals surface area contributed by atoms with Crippen molar-refractivity contribution in [3.05, 3.63) is 12.0 Å². The Morgan fingerprint density at radius 2 is 2.00 bits per heavy atom. The summed E-state index contributed by atoms with van der Waals surface area (Å²) in [5.74, 6) is -0.222.